The van der Waals surface area contributed by atoms with Crippen molar-refractivity contribution < 1.29 is 8.42 Å². The fourth-order valence-electron chi connectivity index (χ4n) is 4.27. The second-order valence-electron chi connectivity index (χ2n) is 6.80. The molecular weight excluding hydrogens is 310 g/mol. The monoisotopic (exact) mass is 337 g/mol. The Hall–Kier alpha value is 0.120. The van der Waals surface area contributed by atoms with E-state index in [0.29, 0.717) is 24.9 Å². The van der Waals surface area contributed by atoms with Gasteiger partial charge in [-0.2, -0.15) is 17.0 Å². The van der Waals surface area contributed by atoms with E-state index in [1.807, 2.05) is 0 Å². The number of fused-ring (bicyclic) bond motifs is 1. The molecule has 0 amide bonds. The Morgan fingerprint density at radius 2 is 1.71 bits per heavy atom. The third kappa shape index (κ3) is 3.24. The van der Waals surface area contributed by atoms with Crippen LogP contribution in [0.15, 0.2) is 0 Å². The van der Waals surface area contributed by atoms with Crippen LogP contribution in [0.3, 0.4) is 0 Å². The number of hydrogen-bond acceptors (Lipinski definition) is 3. The first-order chi connectivity index (χ1) is 9.50. The van der Waals surface area contributed by atoms with Crippen LogP contribution in [0.2, 0.25) is 0 Å². The Kier molecular flexibility index (Phi) is 5.58. The number of rotatable bonds is 3. The van der Waals surface area contributed by atoms with E-state index in [9.17, 15) is 8.42 Å². The largest absolute Gasteiger partial charge is 0.327 e. The lowest BCUT2D eigenvalue weighted by molar-refractivity contribution is 0.266. The van der Waals surface area contributed by atoms with Crippen LogP contribution in [0.25, 0.3) is 0 Å². The number of halogens is 1. The summed E-state index contributed by atoms with van der Waals surface area (Å²) >= 11 is 0. The van der Waals surface area contributed by atoms with Crippen LogP contribution in [0.1, 0.15) is 44.9 Å². The van der Waals surface area contributed by atoms with Crippen molar-refractivity contribution >= 4 is 22.6 Å². The van der Waals surface area contributed by atoms with E-state index in [-0.39, 0.29) is 24.5 Å². The van der Waals surface area contributed by atoms with Crippen molar-refractivity contribution in [2.24, 2.45) is 17.6 Å². The van der Waals surface area contributed by atoms with E-state index in [4.69, 9.17) is 5.73 Å². The van der Waals surface area contributed by atoms with Gasteiger partial charge in [-0.25, -0.2) is 0 Å². The van der Waals surface area contributed by atoms with Gasteiger partial charge in [-0.1, -0.05) is 19.3 Å². The molecule has 2 N–H and O–H groups in total. The number of hydrogen-bond donors (Lipinski definition) is 1. The van der Waals surface area contributed by atoms with E-state index in [1.54, 1.807) is 15.7 Å². The molecule has 1 heterocycles. The molecule has 1 aliphatic heterocycles. The second kappa shape index (κ2) is 6.71. The molecule has 21 heavy (non-hydrogen) atoms. The highest BCUT2D eigenvalue weighted by Gasteiger charge is 2.46. The third-order valence-corrected chi connectivity index (χ3v) is 7.63. The maximum absolute atomic E-state index is 12.8. The first kappa shape index (κ1) is 17.5. The summed E-state index contributed by atoms with van der Waals surface area (Å²) < 4.78 is 28.9. The smallest absolute Gasteiger partial charge is 0.281 e. The quantitative estimate of drug-likeness (QED) is 0.850. The Balaban J connectivity index is 0.00000161. The molecule has 0 radical (unpaired) electrons. The summed E-state index contributed by atoms with van der Waals surface area (Å²) in [6, 6.07) is 0.392. The summed E-state index contributed by atoms with van der Waals surface area (Å²) in [4.78, 5) is 0. The standard InChI is InChI=1S/C14H27N3O2S.ClH/c1-16(12-5-3-2-4-6-12)20(18,19)17-9-11-7-8-14(15)13(11)10-17;/h11-14H,2-10,15H2,1H3;1H. The second-order valence-corrected chi connectivity index (χ2v) is 8.79. The van der Waals surface area contributed by atoms with Crippen LogP contribution in [-0.2, 0) is 10.2 Å². The predicted octanol–water partition coefficient (Wildman–Crippen LogP) is 1.59. The van der Waals surface area contributed by atoms with Crippen LogP contribution in [-0.4, -0.2) is 49.2 Å². The van der Waals surface area contributed by atoms with Crippen LogP contribution in [0.5, 0.6) is 0 Å². The van der Waals surface area contributed by atoms with Gasteiger partial charge in [0.05, 0.1) is 0 Å². The first-order valence-corrected chi connectivity index (χ1v) is 9.38. The molecule has 3 fully saturated rings. The van der Waals surface area contributed by atoms with Crippen molar-refractivity contribution in [1.82, 2.24) is 8.61 Å². The molecular formula is C14H28ClN3O2S. The van der Waals surface area contributed by atoms with Gasteiger partial charge in [0, 0.05) is 32.2 Å². The molecule has 5 nitrogen and oxygen atoms in total. The molecule has 2 saturated carbocycles. The lowest BCUT2D eigenvalue weighted by Crippen LogP contribution is -2.47. The molecule has 0 aromatic rings. The van der Waals surface area contributed by atoms with Gasteiger partial charge in [-0.05, 0) is 37.5 Å². The van der Waals surface area contributed by atoms with Crippen LogP contribution in [0.4, 0.5) is 0 Å². The molecule has 2 aliphatic carbocycles. The van der Waals surface area contributed by atoms with Gasteiger partial charge in [0.1, 0.15) is 0 Å². The molecule has 0 aromatic heterocycles. The Morgan fingerprint density at radius 1 is 1.05 bits per heavy atom. The molecule has 0 spiro atoms. The third-order valence-electron chi connectivity index (χ3n) is 5.66. The summed E-state index contributed by atoms with van der Waals surface area (Å²) in [6.45, 7) is 1.31. The number of nitrogens with two attached hydrogens (primary N) is 1. The maximum atomic E-state index is 12.8. The summed E-state index contributed by atoms with van der Waals surface area (Å²) in [6.07, 6.45) is 7.72. The fraction of sp³-hybridized carbons (Fsp3) is 1.00. The zero-order valence-electron chi connectivity index (χ0n) is 12.8. The molecule has 3 aliphatic rings. The summed E-state index contributed by atoms with van der Waals surface area (Å²) in [7, 11) is -1.53. The Morgan fingerprint density at radius 3 is 2.33 bits per heavy atom. The van der Waals surface area contributed by atoms with Gasteiger partial charge in [0.15, 0.2) is 0 Å². The van der Waals surface area contributed by atoms with Crippen molar-refractivity contribution in [2.75, 3.05) is 20.1 Å². The van der Waals surface area contributed by atoms with Gasteiger partial charge in [-0.15, -0.1) is 12.4 Å². The van der Waals surface area contributed by atoms with Crippen molar-refractivity contribution in [2.45, 2.75) is 57.0 Å². The lowest BCUT2D eigenvalue weighted by Gasteiger charge is -2.33. The Labute approximate surface area is 134 Å². The van der Waals surface area contributed by atoms with Gasteiger partial charge in [0.2, 0.25) is 0 Å². The van der Waals surface area contributed by atoms with Crippen molar-refractivity contribution in [1.29, 1.82) is 0 Å². The fourth-order valence-corrected chi connectivity index (χ4v) is 5.96. The molecule has 0 aromatic carbocycles. The van der Waals surface area contributed by atoms with Gasteiger partial charge >= 0.3 is 0 Å². The number of nitrogens with zero attached hydrogens (tertiary/aromatic N) is 2. The average molecular weight is 338 g/mol. The zero-order chi connectivity index (χ0) is 14.3. The highest BCUT2D eigenvalue weighted by Crippen LogP contribution is 2.39. The van der Waals surface area contributed by atoms with E-state index in [0.717, 1.165) is 38.5 Å². The summed E-state index contributed by atoms with van der Waals surface area (Å²) in [5.74, 6) is 0.865. The normalized spacial score (nSPS) is 34.9. The van der Waals surface area contributed by atoms with Gasteiger partial charge in [0.25, 0.3) is 10.2 Å². The van der Waals surface area contributed by atoms with Crippen LogP contribution < -0.4 is 5.73 Å². The van der Waals surface area contributed by atoms with Crippen LogP contribution >= 0.6 is 12.4 Å². The van der Waals surface area contributed by atoms with E-state index < -0.39 is 10.2 Å². The van der Waals surface area contributed by atoms with Gasteiger partial charge in [-0.3, -0.25) is 0 Å². The first-order valence-electron chi connectivity index (χ1n) is 7.99. The minimum Gasteiger partial charge on any atom is -0.327 e. The zero-order valence-corrected chi connectivity index (χ0v) is 14.4. The van der Waals surface area contributed by atoms with Crippen molar-refractivity contribution in [3.05, 3.63) is 0 Å². The molecule has 0 bridgehead atoms. The molecule has 1 saturated heterocycles. The minimum atomic E-state index is -3.29. The molecule has 124 valence electrons. The van der Waals surface area contributed by atoms with Gasteiger partial charge < -0.3 is 5.73 Å². The topological polar surface area (TPSA) is 66.6 Å². The molecule has 3 unspecified atom stereocenters. The molecule has 3 atom stereocenters. The van der Waals surface area contributed by atoms with Crippen molar-refractivity contribution in [3.63, 3.8) is 0 Å². The summed E-state index contributed by atoms with van der Waals surface area (Å²) in [5, 5.41) is 0. The average Bonchev–Trinajstić information content (AvgIpc) is 3.02. The maximum Gasteiger partial charge on any atom is 0.281 e. The highest BCUT2D eigenvalue weighted by molar-refractivity contribution is 7.86. The van der Waals surface area contributed by atoms with E-state index in [2.05, 4.69) is 0 Å². The molecule has 3 rings (SSSR count). The predicted molar refractivity (Wildman–Crippen MR) is 86.6 cm³/mol. The highest BCUT2D eigenvalue weighted by atomic mass is 35.5. The summed E-state index contributed by atoms with van der Waals surface area (Å²) in [5.41, 5.74) is 6.11. The lowest BCUT2D eigenvalue weighted by atomic mass is 9.96. The SMILES string of the molecule is CN(C1CCCCC1)S(=O)(=O)N1CC2CCC(N)C2C1.Cl. The van der Waals surface area contributed by atoms with Crippen LogP contribution in [0, 0.1) is 11.8 Å². The van der Waals surface area contributed by atoms with E-state index in [1.165, 1.54) is 6.42 Å². The van der Waals surface area contributed by atoms with Crippen molar-refractivity contribution in [3.8, 4) is 0 Å². The Bertz CT molecular complexity index is 453. The minimum absolute atomic E-state index is 0. The van der Waals surface area contributed by atoms with E-state index >= 15 is 0 Å². The molecule has 7 heteroatoms.